The molecule has 1 saturated heterocycles. The van der Waals surface area contributed by atoms with E-state index < -0.39 is 0 Å². The van der Waals surface area contributed by atoms with Gasteiger partial charge in [0, 0.05) is 25.5 Å². The fourth-order valence-electron chi connectivity index (χ4n) is 2.55. The van der Waals surface area contributed by atoms with Crippen LogP contribution in [0.3, 0.4) is 0 Å². The highest BCUT2D eigenvalue weighted by Gasteiger charge is 2.29. The van der Waals surface area contributed by atoms with Gasteiger partial charge in [-0.25, -0.2) is 4.79 Å². The normalized spacial score (nSPS) is 21.6. The summed E-state index contributed by atoms with van der Waals surface area (Å²) in [6.45, 7) is 3.68. The first-order chi connectivity index (χ1) is 10.7. The summed E-state index contributed by atoms with van der Waals surface area (Å²) < 4.78 is 5.95. The molecule has 5 nitrogen and oxygen atoms in total. The number of nitrogens with one attached hydrogen (secondary N) is 1. The Morgan fingerprint density at radius 3 is 3.14 bits per heavy atom. The molecule has 0 bridgehead atoms. The number of urea groups is 1. The number of thiophene rings is 1. The van der Waals surface area contributed by atoms with Gasteiger partial charge >= 0.3 is 6.03 Å². The van der Waals surface area contributed by atoms with E-state index in [1.54, 1.807) is 23.7 Å². The fraction of sp³-hybridized carbons (Fsp3) is 0.375. The maximum Gasteiger partial charge on any atom is 0.317 e. The number of aromatic nitrogens is 1. The van der Waals surface area contributed by atoms with Crippen molar-refractivity contribution in [3.63, 3.8) is 0 Å². The van der Waals surface area contributed by atoms with Crippen LogP contribution >= 0.6 is 11.3 Å². The number of rotatable bonds is 3. The first-order valence-corrected chi connectivity index (χ1v) is 8.26. The van der Waals surface area contributed by atoms with Crippen molar-refractivity contribution in [3.8, 4) is 0 Å². The Kier molecular flexibility index (Phi) is 4.70. The van der Waals surface area contributed by atoms with E-state index in [-0.39, 0.29) is 18.2 Å². The minimum absolute atomic E-state index is 0.0304. The van der Waals surface area contributed by atoms with Gasteiger partial charge in [-0.1, -0.05) is 6.07 Å². The largest absolute Gasteiger partial charge is 0.367 e. The van der Waals surface area contributed by atoms with Gasteiger partial charge in [0.2, 0.25) is 0 Å². The Morgan fingerprint density at radius 2 is 2.41 bits per heavy atom. The molecule has 2 atom stereocenters. The molecular weight excluding hydrogens is 298 g/mol. The molecule has 1 fully saturated rings. The number of nitrogens with zero attached hydrogens (tertiary/aromatic N) is 2. The van der Waals surface area contributed by atoms with E-state index in [4.69, 9.17) is 4.74 Å². The topological polar surface area (TPSA) is 54.5 Å². The summed E-state index contributed by atoms with van der Waals surface area (Å²) in [6, 6.07) is 5.81. The summed E-state index contributed by atoms with van der Waals surface area (Å²) in [6.07, 6.45) is 3.47. The monoisotopic (exact) mass is 317 g/mol. The Hall–Kier alpha value is -1.92. The maximum absolute atomic E-state index is 12.4. The Balaban J connectivity index is 1.59. The molecule has 3 heterocycles. The van der Waals surface area contributed by atoms with Crippen LogP contribution in [0.25, 0.3) is 0 Å². The maximum atomic E-state index is 12.4. The molecule has 22 heavy (non-hydrogen) atoms. The number of amides is 2. The lowest BCUT2D eigenvalue weighted by Crippen LogP contribution is -2.49. The van der Waals surface area contributed by atoms with Crippen LogP contribution in [0.1, 0.15) is 24.2 Å². The van der Waals surface area contributed by atoms with Gasteiger partial charge in [0.05, 0.1) is 12.6 Å². The van der Waals surface area contributed by atoms with Gasteiger partial charge in [-0.3, -0.25) is 4.98 Å². The average Bonchev–Trinajstić information content (AvgIpc) is 3.07. The van der Waals surface area contributed by atoms with Gasteiger partial charge < -0.3 is 15.0 Å². The van der Waals surface area contributed by atoms with E-state index in [1.165, 1.54) is 0 Å². The van der Waals surface area contributed by atoms with Crippen molar-refractivity contribution in [2.75, 3.05) is 13.1 Å². The van der Waals surface area contributed by atoms with E-state index in [2.05, 4.69) is 21.7 Å². The van der Waals surface area contributed by atoms with E-state index in [9.17, 15) is 4.79 Å². The molecule has 2 aromatic heterocycles. The number of pyridine rings is 1. The fourth-order valence-corrected chi connectivity index (χ4v) is 3.25. The third kappa shape index (κ3) is 3.64. The molecule has 0 aromatic carbocycles. The predicted molar refractivity (Wildman–Crippen MR) is 85.7 cm³/mol. The highest BCUT2D eigenvalue weighted by Crippen LogP contribution is 2.26. The smallest absolute Gasteiger partial charge is 0.317 e. The summed E-state index contributed by atoms with van der Waals surface area (Å²) in [7, 11) is 0. The van der Waals surface area contributed by atoms with Crippen molar-refractivity contribution in [1.82, 2.24) is 15.2 Å². The SMILES string of the molecule is C[C@H]1CN(C(=O)NCc2cccnc2)C[C@@H](c2ccsc2)O1. The number of morpholine rings is 1. The van der Waals surface area contributed by atoms with Crippen LogP contribution in [-0.2, 0) is 11.3 Å². The molecule has 0 spiro atoms. The van der Waals surface area contributed by atoms with Crippen LogP contribution in [0.4, 0.5) is 4.79 Å². The van der Waals surface area contributed by atoms with Gasteiger partial charge in [-0.15, -0.1) is 0 Å². The predicted octanol–water partition coefficient (Wildman–Crippen LogP) is 2.81. The highest BCUT2D eigenvalue weighted by molar-refractivity contribution is 7.07. The van der Waals surface area contributed by atoms with Crippen LogP contribution in [0.2, 0.25) is 0 Å². The van der Waals surface area contributed by atoms with Crippen LogP contribution in [-0.4, -0.2) is 35.1 Å². The summed E-state index contributed by atoms with van der Waals surface area (Å²) in [5.41, 5.74) is 2.13. The highest BCUT2D eigenvalue weighted by atomic mass is 32.1. The zero-order valence-corrected chi connectivity index (χ0v) is 13.3. The molecule has 0 saturated carbocycles. The molecule has 3 rings (SSSR count). The molecule has 116 valence electrons. The average molecular weight is 317 g/mol. The molecule has 2 aromatic rings. The third-order valence-electron chi connectivity index (χ3n) is 3.63. The van der Waals surface area contributed by atoms with E-state index in [1.807, 2.05) is 29.3 Å². The lowest BCUT2D eigenvalue weighted by Gasteiger charge is -2.36. The summed E-state index contributed by atoms with van der Waals surface area (Å²) in [4.78, 5) is 18.2. The van der Waals surface area contributed by atoms with Crippen molar-refractivity contribution in [2.24, 2.45) is 0 Å². The molecule has 6 heteroatoms. The third-order valence-corrected chi connectivity index (χ3v) is 4.33. The van der Waals surface area contributed by atoms with Gasteiger partial charge in [-0.2, -0.15) is 11.3 Å². The van der Waals surface area contributed by atoms with E-state index >= 15 is 0 Å². The van der Waals surface area contributed by atoms with Crippen molar-refractivity contribution in [2.45, 2.75) is 25.7 Å². The number of hydrogen-bond donors (Lipinski definition) is 1. The lowest BCUT2D eigenvalue weighted by atomic mass is 10.1. The summed E-state index contributed by atoms with van der Waals surface area (Å²) >= 11 is 1.65. The van der Waals surface area contributed by atoms with Crippen molar-refractivity contribution >= 4 is 17.4 Å². The Morgan fingerprint density at radius 1 is 1.50 bits per heavy atom. The first-order valence-electron chi connectivity index (χ1n) is 7.31. The van der Waals surface area contributed by atoms with Crippen LogP contribution in [0.5, 0.6) is 0 Å². The van der Waals surface area contributed by atoms with Crippen LogP contribution in [0, 0.1) is 0 Å². The molecule has 1 N–H and O–H groups in total. The van der Waals surface area contributed by atoms with Gasteiger partial charge in [0.25, 0.3) is 0 Å². The molecule has 0 radical (unpaired) electrons. The number of hydrogen-bond acceptors (Lipinski definition) is 4. The Labute approximate surface area is 133 Å². The van der Waals surface area contributed by atoms with Crippen LogP contribution in [0.15, 0.2) is 41.4 Å². The molecule has 0 aliphatic carbocycles. The van der Waals surface area contributed by atoms with Crippen molar-refractivity contribution in [1.29, 1.82) is 0 Å². The quantitative estimate of drug-likeness (QED) is 0.947. The van der Waals surface area contributed by atoms with E-state index in [0.717, 1.165) is 11.1 Å². The summed E-state index contributed by atoms with van der Waals surface area (Å²) in [5.74, 6) is 0. The summed E-state index contributed by atoms with van der Waals surface area (Å²) in [5, 5.41) is 7.06. The standard InChI is InChI=1S/C16H19N3O2S/c1-12-9-19(10-15(21-12)14-4-6-22-11-14)16(20)18-8-13-3-2-5-17-7-13/h2-7,11-12,15H,8-10H2,1H3,(H,18,20)/t12-,15-/m0/s1. The number of carbonyl (C=O) groups is 1. The number of ether oxygens (including phenoxy) is 1. The second kappa shape index (κ2) is 6.89. The first kappa shape index (κ1) is 15.0. The zero-order valence-electron chi connectivity index (χ0n) is 12.4. The minimum atomic E-state index is -0.0563. The van der Waals surface area contributed by atoms with Crippen molar-refractivity contribution < 1.29 is 9.53 Å². The zero-order chi connectivity index (χ0) is 15.4. The molecule has 2 amide bonds. The van der Waals surface area contributed by atoms with Gasteiger partial charge in [0.15, 0.2) is 0 Å². The van der Waals surface area contributed by atoms with Gasteiger partial charge in [-0.05, 0) is 40.9 Å². The second-order valence-corrected chi connectivity index (χ2v) is 6.20. The number of carbonyl (C=O) groups excluding carboxylic acids is 1. The minimum Gasteiger partial charge on any atom is -0.367 e. The second-order valence-electron chi connectivity index (χ2n) is 5.42. The van der Waals surface area contributed by atoms with Gasteiger partial charge in [0.1, 0.15) is 6.10 Å². The molecule has 1 aliphatic rings. The molecule has 1 aliphatic heterocycles. The van der Waals surface area contributed by atoms with Crippen molar-refractivity contribution in [3.05, 3.63) is 52.5 Å². The van der Waals surface area contributed by atoms with E-state index in [0.29, 0.717) is 19.6 Å². The molecule has 0 unspecified atom stereocenters. The molecular formula is C16H19N3O2S. The van der Waals surface area contributed by atoms with Crippen LogP contribution < -0.4 is 5.32 Å². The lowest BCUT2D eigenvalue weighted by molar-refractivity contribution is -0.0655. The Bertz CT molecular complexity index is 603.